The van der Waals surface area contributed by atoms with E-state index in [9.17, 15) is 9.59 Å². The number of anilines is 5. The van der Waals surface area contributed by atoms with Crippen molar-refractivity contribution in [2.75, 3.05) is 73.8 Å². The molecule has 2 saturated heterocycles. The first-order chi connectivity index (χ1) is 20.3. The van der Waals surface area contributed by atoms with Gasteiger partial charge in [0.25, 0.3) is 5.91 Å². The highest BCUT2D eigenvalue weighted by atomic mass is 16.2. The van der Waals surface area contributed by atoms with Gasteiger partial charge in [-0.2, -0.15) is 20.1 Å². The number of aromatic nitrogens is 7. The normalized spacial score (nSPS) is 20.9. The summed E-state index contributed by atoms with van der Waals surface area (Å²) in [6, 6.07) is 2.00. The van der Waals surface area contributed by atoms with E-state index in [2.05, 4.69) is 40.6 Å². The second kappa shape index (κ2) is 11.5. The Balaban J connectivity index is 1.26. The standard InChI is InChI=1S/C27H37N13O2/c1-27(23(42)30-21-16-28-8-9-29-21)7-4-10-40(27)26-33-24(31-20-15-19(35-36-20)18-5-6-18)32-25(34-26)39-13-11-38(12-14-39)17-22(41)37(2)3/h8-9,15-16,18H,4-7,10-14,17H2,1-3H3,(H,29,30,42)(H2,31,32,33,34,35,36). The number of nitrogens with zero attached hydrogens (tertiary/aromatic N) is 10. The van der Waals surface area contributed by atoms with Crippen LogP contribution in [-0.2, 0) is 9.59 Å². The molecule has 1 aliphatic carbocycles. The minimum absolute atomic E-state index is 0.0792. The quantitative estimate of drug-likeness (QED) is 0.335. The fourth-order valence-electron chi connectivity index (χ4n) is 5.36. The topological polar surface area (TPSA) is 164 Å². The smallest absolute Gasteiger partial charge is 0.251 e. The number of aromatic amines is 1. The van der Waals surface area contributed by atoms with E-state index < -0.39 is 5.54 Å². The summed E-state index contributed by atoms with van der Waals surface area (Å²) in [5.74, 6) is 2.80. The molecule has 3 aromatic rings. The lowest BCUT2D eigenvalue weighted by Crippen LogP contribution is -2.52. The van der Waals surface area contributed by atoms with E-state index in [1.807, 2.05) is 17.9 Å². The molecule has 0 bridgehead atoms. The highest BCUT2D eigenvalue weighted by molar-refractivity contribution is 5.99. The van der Waals surface area contributed by atoms with Crippen LogP contribution in [0.1, 0.15) is 44.2 Å². The molecular weight excluding hydrogens is 538 g/mol. The lowest BCUT2D eigenvalue weighted by Gasteiger charge is -2.36. The van der Waals surface area contributed by atoms with Crippen LogP contribution in [0.25, 0.3) is 0 Å². The molecule has 0 aromatic carbocycles. The molecule has 15 heteroatoms. The molecule has 3 aromatic heterocycles. The zero-order chi connectivity index (χ0) is 29.3. The monoisotopic (exact) mass is 575 g/mol. The van der Waals surface area contributed by atoms with Crippen LogP contribution in [0.3, 0.4) is 0 Å². The molecule has 2 amide bonds. The average Bonchev–Trinajstić information content (AvgIpc) is 3.60. The summed E-state index contributed by atoms with van der Waals surface area (Å²) in [5, 5.41) is 13.7. The summed E-state index contributed by atoms with van der Waals surface area (Å²) in [7, 11) is 3.54. The molecule has 0 spiro atoms. The summed E-state index contributed by atoms with van der Waals surface area (Å²) < 4.78 is 0. The number of piperazine rings is 1. The maximum atomic E-state index is 13.6. The first-order valence-corrected chi connectivity index (χ1v) is 14.4. The van der Waals surface area contributed by atoms with Gasteiger partial charge in [-0.3, -0.25) is 24.6 Å². The number of H-pyrrole nitrogens is 1. The molecule has 42 heavy (non-hydrogen) atoms. The molecule has 3 fully saturated rings. The van der Waals surface area contributed by atoms with Crippen molar-refractivity contribution in [1.29, 1.82) is 0 Å². The van der Waals surface area contributed by atoms with Crippen molar-refractivity contribution >= 4 is 41.3 Å². The number of carbonyl (C=O) groups is 2. The summed E-state index contributed by atoms with van der Waals surface area (Å²) in [5.41, 5.74) is 0.134. The predicted octanol–water partition coefficient (Wildman–Crippen LogP) is 1.21. The van der Waals surface area contributed by atoms with Crippen LogP contribution in [0.4, 0.5) is 29.5 Å². The van der Waals surface area contributed by atoms with Crippen LogP contribution in [0.5, 0.6) is 0 Å². The fourth-order valence-corrected chi connectivity index (χ4v) is 5.36. The van der Waals surface area contributed by atoms with E-state index in [-0.39, 0.29) is 11.8 Å². The summed E-state index contributed by atoms with van der Waals surface area (Å²) in [4.78, 5) is 56.3. The molecule has 5 heterocycles. The maximum absolute atomic E-state index is 13.6. The number of carbonyl (C=O) groups excluding carboxylic acids is 2. The van der Waals surface area contributed by atoms with Crippen LogP contribution in [0.2, 0.25) is 0 Å². The largest absolute Gasteiger partial charge is 0.348 e. The van der Waals surface area contributed by atoms with E-state index >= 15 is 0 Å². The van der Waals surface area contributed by atoms with Gasteiger partial charge in [0.1, 0.15) is 11.4 Å². The van der Waals surface area contributed by atoms with Crippen LogP contribution >= 0.6 is 0 Å². The number of hydrogen-bond donors (Lipinski definition) is 3. The van der Waals surface area contributed by atoms with Crippen molar-refractivity contribution in [1.82, 2.24) is 44.9 Å². The number of rotatable bonds is 9. The average molecular weight is 576 g/mol. The van der Waals surface area contributed by atoms with Gasteiger partial charge in [0.15, 0.2) is 5.82 Å². The second-order valence-corrected chi connectivity index (χ2v) is 11.5. The van der Waals surface area contributed by atoms with Gasteiger partial charge in [0.2, 0.25) is 23.8 Å². The maximum Gasteiger partial charge on any atom is 0.251 e. The van der Waals surface area contributed by atoms with Gasteiger partial charge < -0.3 is 25.3 Å². The van der Waals surface area contributed by atoms with Gasteiger partial charge in [-0.15, -0.1) is 0 Å². The summed E-state index contributed by atoms with van der Waals surface area (Å²) in [6.07, 6.45) is 8.37. The Hall–Kier alpha value is -4.40. The van der Waals surface area contributed by atoms with E-state index in [1.54, 1.807) is 31.4 Å². The van der Waals surface area contributed by atoms with E-state index in [4.69, 9.17) is 15.0 Å². The predicted molar refractivity (Wildman–Crippen MR) is 157 cm³/mol. The van der Waals surface area contributed by atoms with E-state index in [1.165, 1.54) is 6.20 Å². The van der Waals surface area contributed by atoms with Gasteiger partial charge >= 0.3 is 0 Å². The van der Waals surface area contributed by atoms with Crippen molar-refractivity contribution in [3.63, 3.8) is 0 Å². The Kier molecular flexibility index (Phi) is 7.58. The number of amides is 2. The third-order valence-electron chi connectivity index (χ3n) is 8.14. The highest BCUT2D eigenvalue weighted by Gasteiger charge is 2.45. The third kappa shape index (κ3) is 5.95. The first-order valence-electron chi connectivity index (χ1n) is 14.4. The van der Waals surface area contributed by atoms with Gasteiger partial charge in [0.05, 0.1) is 18.4 Å². The molecule has 1 saturated carbocycles. The number of hydrogen-bond acceptors (Lipinski definition) is 12. The molecule has 1 atom stereocenters. The summed E-state index contributed by atoms with van der Waals surface area (Å²) in [6.45, 7) is 5.62. The van der Waals surface area contributed by atoms with Crippen molar-refractivity contribution in [2.24, 2.45) is 0 Å². The molecule has 15 nitrogen and oxygen atoms in total. The van der Waals surface area contributed by atoms with Crippen molar-refractivity contribution in [3.05, 3.63) is 30.4 Å². The van der Waals surface area contributed by atoms with Crippen LogP contribution < -0.4 is 20.4 Å². The third-order valence-corrected chi connectivity index (χ3v) is 8.14. The van der Waals surface area contributed by atoms with E-state index in [0.717, 1.165) is 25.0 Å². The lowest BCUT2D eigenvalue weighted by molar-refractivity contribution is -0.130. The van der Waals surface area contributed by atoms with Crippen LogP contribution in [0, 0.1) is 0 Å². The molecule has 3 aliphatic rings. The molecule has 3 N–H and O–H groups in total. The Bertz CT molecular complexity index is 1420. The van der Waals surface area contributed by atoms with Gasteiger partial charge in [-0.25, -0.2) is 4.98 Å². The lowest BCUT2D eigenvalue weighted by atomic mass is 9.98. The van der Waals surface area contributed by atoms with Crippen molar-refractivity contribution in [2.45, 2.75) is 44.1 Å². The molecular formula is C27H37N13O2. The van der Waals surface area contributed by atoms with Crippen molar-refractivity contribution < 1.29 is 9.59 Å². The SMILES string of the molecule is CN(C)C(=O)CN1CCN(c2nc(Nc3cc(C4CC4)n[nH]3)nc(N3CCCC3(C)C(=O)Nc3cnccn3)n2)CC1. The first kappa shape index (κ1) is 27.8. The fraction of sp³-hybridized carbons (Fsp3) is 0.556. The zero-order valence-corrected chi connectivity index (χ0v) is 24.2. The van der Waals surface area contributed by atoms with Gasteiger partial charge in [-0.05, 0) is 32.6 Å². The number of nitrogens with one attached hydrogen (secondary N) is 3. The highest BCUT2D eigenvalue weighted by Crippen LogP contribution is 2.40. The van der Waals surface area contributed by atoms with E-state index in [0.29, 0.717) is 81.1 Å². The van der Waals surface area contributed by atoms with Crippen molar-refractivity contribution in [3.8, 4) is 0 Å². The molecule has 2 aliphatic heterocycles. The second-order valence-electron chi connectivity index (χ2n) is 11.5. The molecule has 222 valence electrons. The Morgan fingerprint density at radius 3 is 2.57 bits per heavy atom. The van der Waals surface area contributed by atoms with Crippen LogP contribution in [-0.4, -0.2) is 116 Å². The number of likely N-dealkylation sites (N-methyl/N-ethyl adjacent to an activating group) is 1. The molecule has 1 unspecified atom stereocenters. The zero-order valence-electron chi connectivity index (χ0n) is 24.2. The summed E-state index contributed by atoms with van der Waals surface area (Å²) >= 11 is 0. The molecule has 0 radical (unpaired) electrons. The Morgan fingerprint density at radius 1 is 1.07 bits per heavy atom. The Labute approximate surface area is 244 Å². The van der Waals surface area contributed by atoms with Gasteiger partial charge in [0, 0.05) is 71.2 Å². The van der Waals surface area contributed by atoms with Crippen LogP contribution in [0.15, 0.2) is 24.7 Å². The Morgan fingerprint density at radius 2 is 1.86 bits per heavy atom. The molecule has 6 rings (SSSR count). The minimum atomic E-state index is -0.897. The minimum Gasteiger partial charge on any atom is -0.348 e. The van der Waals surface area contributed by atoms with Gasteiger partial charge in [-0.1, -0.05) is 0 Å².